The molecular weight excluding hydrogens is 653 g/mol. The van der Waals surface area contributed by atoms with E-state index in [2.05, 4.69) is 228 Å². The van der Waals surface area contributed by atoms with Crippen molar-refractivity contribution in [2.24, 2.45) is 0 Å². The van der Waals surface area contributed by atoms with Crippen LogP contribution in [0, 0.1) is 0 Å². The van der Waals surface area contributed by atoms with Gasteiger partial charge >= 0.3 is 0 Å². The Hall–Kier alpha value is -7.16. The first-order valence-corrected chi connectivity index (χ1v) is 18.5. The summed E-state index contributed by atoms with van der Waals surface area (Å²) < 4.78 is 2.39. The van der Waals surface area contributed by atoms with Gasteiger partial charge in [-0.05, 0) is 99.4 Å². The summed E-state index contributed by atoms with van der Waals surface area (Å²) in [5, 5.41) is 4.91. The van der Waals surface area contributed by atoms with Crippen LogP contribution >= 0.6 is 0 Å². The van der Waals surface area contributed by atoms with E-state index in [0.29, 0.717) is 0 Å². The van der Waals surface area contributed by atoms with Crippen LogP contribution in [0.25, 0.3) is 71.6 Å². The van der Waals surface area contributed by atoms with Gasteiger partial charge in [0, 0.05) is 33.2 Å². The van der Waals surface area contributed by atoms with E-state index in [-0.39, 0.29) is 0 Å². The summed E-state index contributed by atoms with van der Waals surface area (Å²) in [4.78, 5) is 2.38. The molecule has 0 aliphatic heterocycles. The first kappa shape index (κ1) is 31.6. The molecule has 0 unspecified atom stereocenters. The van der Waals surface area contributed by atoms with Gasteiger partial charge in [0.1, 0.15) is 0 Å². The highest BCUT2D eigenvalue weighted by Gasteiger charge is 2.19. The molecule has 1 heterocycles. The second kappa shape index (κ2) is 13.4. The third kappa shape index (κ3) is 5.53. The van der Waals surface area contributed by atoms with Gasteiger partial charge in [-0.25, -0.2) is 0 Å². The number of benzene rings is 9. The zero-order chi connectivity index (χ0) is 35.8. The van der Waals surface area contributed by atoms with Gasteiger partial charge in [-0.3, -0.25) is 0 Å². The Kier molecular flexibility index (Phi) is 7.85. The van der Waals surface area contributed by atoms with Crippen LogP contribution in [0.4, 0.5) is 17.1 Å². The molecular formula is C52H36N2. The number of fused-ring (bicyclic) bond motifs is 4. The summed E-state index contributed by atoms with van der Waals surface area (Å²) in [6.07, 6.45) is 0. The lowest BCUT2D eigenvalue weighted by atomic mass is 9.95. The van der Waals surface area contributed by atoms with Crippen LogP contribution in [0.5, 0.6) is 0 Å². The lowest BCUT2D eigenvalue weighted by Crippen LogP contribution is -2.10. The monoisotopic (exact) mass is 688 g/mol. The Morgan fingerprint density at radius 2 is 0.778 bits per heavy atom. The molecule has 0 fully saturated rings. The molecule has 254 valence electrons. The van der Waals surface area contributed by atoms with Gasteiger partial charge in [0.05, 0.1) is 16.7 Å². The SMILES string of the molecule is c1ccc(-c2ccc(N(c3ccccc3)c3ccc(-c4ccc5c(c4)c4ccccc4n5-c4ccc(-c5ccccc5)cc4)c4ccccc34)cc2)cc1. The van der Waals surface area contributed by atoms with Crippen LogP contribution in [0.2, 0.25) is 0 Å². The Morgan fingerprint density at radius 3 is 1.44 bits per heavy atom. The minimum absolute atomic E-state index is 1.12. The molecule has 0 radical (unpaired) electrons. The van der Waals surface area contributed by atoms with E-state index in [1.807, 2.05) is 0 Å². The summed E-state index contributed by atoms with van der Waals surface area (Å²) in [6, 6.07) is 78.8. The van der Waals surface area contributed by atoms with Crippen LogP contribution in [0.1, 0.15) is 0 Å². The van der Waals surface area contributed by atoms with Crippen molar-refractivity contribution in [2.45, 2.75) is 0 Å². The third-order valence-electron chi connectivity index (χ3n) is 10.6. The van der Waals surface area contributed by atoms with Gasteiger partial charge < -0.3 is 9.47 Å². The van der Waals surface area contributed by atoms with Crippen LogP contribution in [0.3, 0.4) is 0 Å². The molecule has 54 heavy (non-hydrogen) atoms. The maximum Gasteiger partial charge on any atom is 0.0541 e. The number of anilines is 3. The molecule has 10 aromatic rings. The van der Waals surface area contributed by atoms with Crippen molar-refractivity contribution >= 4 is 49.6 Å². The van der Waals surface area contributed by atoms with Gasteiger partial charge in [0.2, 0.25) is 0 Å². The molecule has 0 aliphatic rings. The number of para-hydroxylation sites is 2. The zero-order valence-electron chi connectivity index (χ0n) is 29.7. The number of hydrogen-bond donors (Lipinski definition) is 0. The normalized spacial score (nSPS) is 11.3. The first-order chi connectivity index (χ1) is 26.8. The second-order valence-corrected chi connectivity index (χ2v) is 13.8. The molecule has 0 atom stereocenters. The van der Waals surface area contributed by atoms with Crippen molar-refractivity contribution in [3.63, 3.8) is 0 Å². The lowest BCUT2D eigenvalue weighted by Gasteiger charge is -2.27. The Morgan fingerprint density at radius 1 is 0.296 bits per heavy atom. The van der Waals surface area contributed by atoms with Gasteiger partial charge in [0.25, 0.3) is 0 Å². The minimum atomic E-state index is 1.12. The van der Waals surface area contributed by atoms with Crippen LogP contribution in [-0.2, 0) is 0 Å². The van der Waals surface area contributed by atoms with E-state index < -0.39 is 0 Å². The van der Waals surface area contributed by atoms with E-state index in [9.17, 15) is 0 Å². The Balaban J connectivity index is 1.09. The molecule has 0 saturated heterocycles. The van der Waals surface area contributed by atoms with E-state index in [1.54, 1.807) is 0 Å². The average molecular weight is 689 g/mol. The highest BCUT2D eigenvalue weighted by molar-refractivity contribution is 6.12. The summed E-state index contributed by atoms with van der Waals surface area (Å²) in [6.45, 7) is 0. The van der Waals surface area contributed by atoms with Crippen molar-refractivity contribution in [1.29, 1.82) is 0 Å². The van der Waals surface area contributed by atoms with Crippen molar-refractivity contribution < 1.29 is 0 Å². The number of nitrogens with zero attached hydrogens (tertiary/aromatic N) is 2. The maximum atomic E-state index is 2.39. The highest BCUT2D eigenvalue weighted by atomic mass is 15.1. The fourth-order valence-corrected chi connectivity index (χ4v) is 8.02. The topological polar surface area (TPSA) is 8.17 Å². The summed E-state index contributed by atoms with van der Waals surface area (Å²) in [5.41, 5.74) is 14.2. The van der Waals surface area contributed by atoms with Crippen LogP contribution in [-0.4, -0.2) is 4.57 Å². The minimum Gasteiger partial charge on any atom is -0.310 e. The van der Waals surface area contributed by atoms with Crippen LogP contribution in [0.15, 0.2) is 218 Å². The van der Waals surface area contributed by atoms with E-state index >= 15 is 0 Å². The quantitative estimate of drug-likeness (QED) is 0.162. The molecule has 9 aromatic carbocycles. The molecule has 0 aliphatic carbocycles. The largest absolute Gasteiger partial charge is 0.310 e. The fourth-order valence-electron chi connectivity index (χ4n) is 8.02. The molecule has 0 saturated carbocycles. The molecule has 0 bridgehead atoms. The second-order valence-electron chi connectivity index (χ2n) is 13.8. The number of rotatable bonds is 7. The van der Waals surface area contributed by atoms with Gasteiger partial charge in [-0.1, -0.05) is 158 Å². The molecule has 0 amide bonds. The molecule has 2 nitrogen and oxygen atoms in total. The maximum absolute atomic E-state index is 2.39. The standard InChI is InChI=1S/C52H36N2/c1-4-14-37(15-5-1)39-24-29-43(30-25-39)53(42-18-8-3-9-19-42)51-35-33-45(46-20-10-11-21-47(46)51)41-28-34-52-49(36-41)48-22-12-13-23-50(48)54(52)44-31-26-40(27-32-44)38-16-6-2-7-17-38/h1-36H. The van der Waals surface area contributed by atoms with Crippen molar-refractivity contribution in [3.8, 4) is 39.1 Å². The predicted molar refractivity (Wildman–Crippen MR) is 229 cm³/mol. The number of hydrogen-bond acceptors (Lipinski definition) is 1. The van der Waals surface area contributed by atoms with E-state index in [4.69, 9.17) is 0 Å². The van der Waals surface area contributed by atoms with Crippen molar-refractivity contribution in [3.05, 3.63) is 218 Å². The molecule has 10 rings (SSSR count). The predicted octanol–water partition coefficient (Wildman–Crippen LogP) is 14.4. The van der Waals surface area contributed by atoms with Crippen molar-refractivity contribution in [1.82, 2.24) is 4.57 Å². The average Bonchev–Trinajstić information content (AvgIpc) is 3.59. The summed E-state index contributed by atoms with van der Waals surface area (Å²) in [7, 11) is 0. The van der Waals surface area contributed by atoms with E-state index in [0.717, 1.165) is 22.7 Å². The molecule has 2 heteroatoms. The van der Waals surface area contributed by atoms with Crippen LogP contribution < -0.4 is 4.90 Å². The fraction of sp³-hybridized carbons (Fsp3) is 0. The third-order valence-corrected chi connectivity index (χ3v) is 10.6. The summed E-state index contributed by atoms with van der Waals surface area (Å²) >= 11 is 0. The number of aromatic nitrogens is 1. The Labute approximate surface area is 315 Å². The molecule has 1 aromatic heterocycles. The van der Waals surface area contributed by atoms with Gasteiger partial charge in [-0.15, -0.1) is 0 Å². The molecule has 0 N–H and O–H groups in total. The zero-order valence-corrected chi connectivity index (χ0v) is 29.7. The lowest BCUT2D eigenvalue weighted by molar-refractivity contribution is 1.18. The van der Waals surface area contributed by atoms with E-state index in [1.165, 1.54) is 66.0 Å². The Bertz CT molecular complexity index is 2890. The molecule has 0 spiro atoms. The van der Waals surface area contributed by atoms with Gasteiger partial charge in [0.15, 0.2) is 0 Å². The highest BCUT2D eigenvalue weighted by Crippen LogP contribution is 2.43. The van der Waals surface area contributed by atoms with Gasteiger partial charge in [-0.2, -0.15) is 0 Å². The summed E-state index contributed by atoms with van der Waals surface area (Å²) in [5.74, 6) is 0. The first-order valence-electron chi connectivity index (χ1n) is 18.5. The smallest absolute Gasteiger partial charge is 0.0541 e. The van der Waals surface area contributed by atoms with Crippen molar-refractivity contribution in [2.75, 3.05) is 4.90 Å².